The number of ether oxygens (including phenoxy) is 2. The molecule has 1 heterocycles. The first-order chi connectivity index (χ1) is 12.5. The van der Waals surface area contributed by atoms with Crippen molar-refractivity contribution in [2.45, 2.75) is 0 Å². The largest absolute Gasteiger partial charge is 0.493 e. The maximum absolute atomic E-state index is 12.7. The Hall–Kier alpha value is -3.20. The molecule has 134 valence electrons. The van der Waals surface area contributed by atoms with Gasteiger partial charge in [-0.1, -0.05) is 23.5 Å². The molecular weight excluding hydrogens is 358 g/mol. The third kappa shape index (κ3) is 3.04. The van der Waals surface area contributed by atoms with Gasteiger partial charge in [0.1, 0.15) is 5.56 Å². The van der Waals surface area contributed by atoms with E-state index in [0.717, 1.165) is 16.3 Å². The molecule has 3 rings (SSSR count). The number of benzene rings is 2. The molecule has 0 bridgehead atoms. The molecule has 0 saturated carbocycles. The Morgan fingerprint density at radius 1 is 1.19 bits per heavy atom. The molecule has 2 aromatic carbocycles. The van der Waals surface area contributed by atoms with Gasteiger partial charge in [-0.05, 0) is 12.1 Å². The van der Waals surface area contributed by atoms with Crippen LogP contribution < -0.4 is 14.3 Å². The fourth-order valence-electron chi connectivity index (χ4n) is 2.53. The van der Waals surface area contributed by atoms with Crippen LogP contribution >= 0.6 is 11.3 Å². The summed E-state index contributed by atoms with van der Waals surface area (Å²) in [5.41, 5.74) is 0.371. The second kappa shape index (κ2) is 6.96. The summed E-state index contributed by atoms with van der Waals surface area (Å²) >= 11 is 1.33. The Bertz CT molecular complexity index is 1080. The summed E-state index contributed by atoms with van der Waals surface area (Å²) in [5.74, 6) is -0.333. The van der Waals surface area contributed by atoms with E-state index < -0.39 is 10.8 Å². The second-order valence-electron chi connectivity index (χ2n) is 5.31. The van der Waals surface area contributed by atoms with Gasteiger partial charge in [0.05, 0.1) is 35.4 Å². The van der Waals surface area contributed by atoms with Gasteiger partial charge >= 0.3 is 0 Å². The number of hydrogen-bond donors (Lipinski definition) is 0. The molecule has 0 atom stereocenters. The standard InChI is InChI=1S/C17H15N3O5S/c1-19-11-6-4-5-7-15(11)26-17(19)18-16(21)10-8-13(24-2)14(25-3)9-12(10)20(22)23/h4-9H,1-3H3. The second-order valence-corrected chi connectivity index (χ2v) is 6.32. The Morgan fingerprint density at radius 3 is 2.46 bits per heavy atom. The zero-order chi connectivity index (χ0) is 18.8. The van der Waals surface area contributed by atoms with E-state index in [-0.39, 0.29) is 22.7 Å². The number of aromatic nitrogens is 1. The van der Waals surface area contributed by atoms with Crippen LogP contribution in [-0.4, -0.2) is 29.6 Å². The predicted molar refractivity (Wildman–Crippen MR) is 96.9 cm³/mol. The van der Waals surface area contributed by atoms with Gasteiger partial charge in [-0.2, -0.15) is 4.99 Å². The molecule has 3 aromatic rings. The van der Waals surface area contributed by atoms with E-state index in [2.05, 4.69) is 4.99 Å². The summed E-state index contributed by atoms with van der Waals surface area (Å²) < 4.78 is 12.9. The summed E-state index contributed by atoms with van der Waals surface area (Å²) in [6.45, 7) is 0. The maximum atomic E-state index is 12.7. The van der Waals surface area contributed by atoms with Crippen molar-refractivity contribution in [1.82, 2.24) is 4.57 Å². The fraction of sp³-hybridized carbons (Fsp3) is 0.176. The molecule has 1 amide bonds. The third-order valence-corrected chi connectivity index (χ3v) is 4.95. The highest BCUT2D eigenvalue weighted by Gasteiger charge is 2.24. The van der Waals surface area contributed by atoms with Crippen molar-refractivity contribution < 1.29 is 19.2 Å². The highest BCUT2D eigenvalue weighted by molar-refractivity contribution is 7.16. The predicted octanol–water partition coefficient (Wildman–Crippen LogP) is 2.91. The van der Waals surface area contributed by atoms with Crippen LogP contribution in [0.5, 0.6) is 11.5 Å². The van der Waals surface area contributed by atoms with E-state index in [0.29, 0.717) is 4.80 Å². The first-order valence-electron chi connectivity index (χ1n) is 7.50. The molecule has 1 aromatic heterocycles. The smallest absolute Gasteiger partial charge is 0.286 e. The van der Waals surface area contributed by atoms with Gasteiger partial charge < -0.3 is 14.0 Å². The lowest BCUT2D eigenvalue weighted by Gasteiger charge is -2.08. The first-order valence-corrected chi connectivity index (χ1v) is 8.32. The maximum Gasteiger partial charge on any atom is 0.286 e. The number of para-hydroxylation sites is 1. The van der Waals surface area contributed by atoms with Crippen LogP contribution in [-0.2, 0) is 7.05 Å². The van der Waals surface area contributed by atoms with Gasteiger partial charge in [-0.25, -0.2) is 0 Å². The van der Waals surface area contributed by atoms with Crippen LogP contribution in [0.1, 0.15) is 10.4 Å². The van der Waals surface area contributed by atoms with Crippen molar-refractivity contribution in [1.29, 1.82) is 0 Å². The number of amides is 1. The average molecular weight is 373 g/mol. The molecule has 0 aliphatic carbocycles. The van der Waals surface area contributed by atoms with E-state index in [1.807, 2.05) is 24.3 Å². The van der Waals surface area contributed by atoms with Crippen molar-refractivity contribution in [3.8, 4) is 11.5 Å². The number of methoxy groups -OCH3 is 2. The molecule has 0 radical (unpaired) electrons. The van der Waals surface area contributed by atoms with Crippen molar-refractivity contribution in [3.05, 3.63) is 56.9 Å². The number of fused-ring (bicyclic) bond motifs is 1. The molecule has 0 aliphatic heterocycles. The molecule has 0 spiro atoms. The molecule has 0 fully saturated rings. The van der Waals surface area contributed by atoms with Crippen LogP contribution in [0.3, 0.4) is 0 Å². The van der Waals surface area contributed by atoms with Crippen LogP contribution in [0, 0.1) is 10.1 Å². The number of nitro groups is 1. The fourth-order valence-corrected chi connectivity index (χ4v) is 3.54. The normalized spacial score (nSPS) is 11.6. The highest BCUT2D eigenvalue weighted by atomic mass is 32.1. The quantitative estimate of drug-likeness (QED) is 0.517. The van der Waals surface area contributed by atoms with Crippen LogP contribution in [0.25, 0.3) is 10.2 Å². The summed E-state index contributed by atoms with van der Waals surface area (Å²) in [5, 5.41) is 11.4. The Balaban J connectivity index is 2.17. The number of carbonyl (C=O) groups is 1. The summed E-state index contributed by atoms with van der Waals surface area (Å²) in [6, 6.07) is 10.0. The van der Waals surface area contributed by atoms with Gasteiger partial charge in [-0.3, -0.25) is 14.9 Å². The number of nitro benzene ring substituents is 1. The zero-order valence-corrected chi connectivity index (χ0v) is 15.1. The average Bonchev–Trinajstić information content (AvgIpc) is 2.96. The lowest BCUT2D eigenvalue weighted by atomic mass is 10.1. The number of carbonyl (C=O) groups excluding carboxylic acids is 1. The van der Waals surface area contributed by atoms with Crippen molar-refractivity contribution in [2.24, 2.45) is 12.0 Å². The summed E-state index contributed by atoms with van der Waals surface area (Å²) in [7, 11) is 4.54. The molecule has 0 saturated heterocycles. The molecule has 0 unspecified atom stereocenters. The topological polar surface area (TPSA) is 96.0 Å². The Kier molecular flexibility index (Phi) is 4.72. The van der Waals surface area contributed by atoms with Gasteiger partial charge in [0.2, 0.25) is 0 Å². The van der Waals surface area contributed by atoms with Gasteiger partial charge in [0.15, 0.2) is 16.3 Å². The highest BCUT2D eigenvalue weighted by Crippen LogP contribution is 2.34. The van der Waals surface area contributed by atoms with Crippen LogP contribution in [0.4, 0.5) is 5.69 Å². The van der Waals surface area contributed by atoms with Crippen LogP contribution in [0.15, 0.2) is 41.4 Å². The minimum Gasteiger partial charge on any atom is -0.493 e. The molecule has 0 N–H and O–H groups in total. The molecule has 9 heteroatoms. The first kappa shape index (κ1) is 17.6. The number of thiazole rings is 1. The lowest BCUT2D eigenvalue weighted by molar-refractivity contribution is -0.385. The van der Waals surface area contributed by atoms with Crippen molar-refractivity contribution in [2.75, 3.05) is 14.2 Å². The molecule has 0 aliphatic rings. The minimum atomic E-state index is -0.722. The summed E-state index contributed by atoms with van der Waals surface area (Å²) in [4.78, 5) is 27.9. The lowest BCUT2D eigenvalue weighted by Crippen LogP contribution is -2.14. The SMILES string of the molecule is COc1cc(C(=O)N=c2sc3ccccc3n2C)c([N+](=O)[O-])cc1OC. The van der Waals surface area contributed by atoms with Gasteiger partial charge in [0, 0.05) is 13.1 Å². The van der Waals surface area contributed by atoms with E-state index in [4.69, 9.17) is 9.47 Å². The van der Waals surface area contributed by atoms with E-state index in [1.54, 1.807) is 11.6 Å². The molecular formula is C17H15N3O5S. The zero-order valence-electron chi connectivity index (χ0n) is 14.3. The third-order valence-electron chi connectivity index (χ3n) is 3.84. The number of rotatable bonds is 4. The minimum absolute atomic E-state index is 0.162. The van der Waals surface area contributed by atoms with Gasteiger partial charge in [0.25, 0.3) is 11.6 Å². The summed E-state index contributed by atoms with van der Waals surface area (Å²) in [6.07, 6.45) is 0. The number of aryl methyl sites for hydroxylation is 1. The number of nitrogens with zero attached hydrogens (tertiary/aromatic N) is 3. The Morgan fingerprint density at radius 2 is 1.85 bits per heavy atom. The van der Waals surface area contributed by atoms with Crippen LogP contribution in [0.2, 0.25) is 0 Å². The van der Waals surface area contributed by atoms with Crippen molar-refractivity contribution in [3.63, 3.8) is 0 Å². The van der Waals surface area contributed by atoms with E-state index in [1.165, 1.54) is 31.6 Å². The molecule has 26 heavy (non-hydrogen) atoms. The van der Waals surface area contributed by atoms with E-state index in [9.17, 15) is 14.9 Å². The Labute approximate surface area is 152 Å². The number of hydrogen-bond acceptors (Lipinski definition) is 6. The van der Waals surface area contributed by atoms with Gasteiger partial charge in [-0.15, -0.1) is 0 Å². The monoisotopic (exact) mass is 373 g/mol. The molecule has 8 nitrogen and oxygen atoms in total. The van der Waals surface area contributed by atoms with Crippen molar-refractivity contribution >= 4 is 33.1 Å². The van der Waals surface area contributed by atoms with E-state index >= 15 is 0 Å².